The average Bonchev–Trinajstić information content (AvgIpc) is 3.17. The van der Waals surface area contributed by atoms with E-state index in [1.165, 1.54) is 82.8 Å². The Bertz CT molecular complexity index is 2460. The van der Waals surface area contributed by atoms with Crippen molar-refractivity contribution in [2.45, 2.75) is 51.9 Å². The monoisotopic (exact) mass is 644 g/mol. The summed E-state index contributed by atoms with van der Waals surface area (Å²) in [6.07, 6.45) is 14.4. The molecule has 9 rings (SSSR count). The molecule has 2 heteroatoms. The Balaban J connectivity index is 1.18. The van der Waals surface area contributed by atoms with Gasteiger partial charge in [-0.25, -0.2) is 0 Å². The van der Waals surface area contributed by atoms with E-state index in [-0.39, 0.29) is 5.41 Å². The van der Waals surface area contributed by atoms with Gasteiger partial charge in [0.15, 0.2) is 0 Å². The summed E-state index contributed by atoms with van der Waals surface area (Å²) in [6, 6.07) is 40.8. The zero-order chi connectivity index (χ0) is 33.8. The molecule has 2 aliphatic rings. The van der Waals surface area contributed by atoms with Crippen molar-refractivity contribution in [1.82, 2.24) is 9.97 Å². The summed E-state index contributed by atoms with van der Waals surface area (Å²) in [5.41, 5.74) is 17.1. The van der Waals surface area contributed by atoms with E-state index in [0.29, 0.717) is 0 Å². The fourth-order valence-electron chi connectivity index (χ4n) is 8.08. The molecule has 0 spiro atoms. The third-order valence-electron chi connectivity index (χ3n) is 10.8. The molecule has 50 heavy (non-hydrogen) atoms. The van der Waals surface area contributed by atoms with Crippen LogP contribution in [0.4, 0.5) is 0 Å². The van der Waals surface area contributed by atoms with Crippen molar-refractivity contribution in [3.05, 3.63) is 168 Å². The van der Waals surface area contributed by atoms with Crippen molar-refractivity contribution >= 4 is 32.7 Å². The molecule has 0 saturated heterocycles. The Morgan fingerprint density at radius 1 is 0.520 bits per heavy atom. The Morgan fingerprint density at radius 3 is 1.84 bits per heavy atom. The van der Waals surface area contributed by atoms with Crippen LogP contribution in [0.15, 0.2) is 140 Å². The second-order valence-electron chi connectivity index (χ2n) is 14.9. The van der Waals surface area contributed by atoms with Gasteiger partial charge in [-0.2, -0.15) is 0 Å². The Kier molecular flexibility index (Phi) is 7.35. The second kappa shape index (κ2) is 12.1. The normalized spacial score (nSPS) is 14.2. The molecule has 5 aromatic carbocycles. The molecular formula is C48H40N2. The molecular weight excluding hydrogens is 605 g/mol. The lowest BCUT2D eigenvalue weighted by Gasteiger charge is -2.27. The number of hydrogen-bond donors (Lipinski definition) is 0. The molecule has 0 aliphatic heterocycles. The number of aryl methyl sites for hydroxylation is 2. The first-order chi connectivity index (χ1) is 24.4. The summed E-state index contributed by atoms with van der Waals surface area (Å²) >= 11 is 0. The minimum atomic E-state index is 0.105. The van der Waals surface area contributed by atoms with Gasteiger partial charge < -0.3 is 0 Å². The summed E-state index contributed by atoms with van der Waals surface area (Å²) in [5.74, 6) is 0. The molecule has 2 nitrogen and oxygen atoms in total. The summed E-state index contributed by atoms with van der Waals surface area (Å²) < 4.78 is 0. The Hall–Kier alpha value is -5.60. The zero-order valence-electron chi connectivity index (χ0n) is 29.0. The molecule has 0 N–H and O–H groups in total. The molecule has 242 valence electrons. The number of pyridine rings is 2. The van der Waals surface area contributed by atoms with Gasteiger partial charge in [0, 0.05) is 24.2 Å². The van der Waals surface area contributed by atoms with Crippen molar-refractivity contribution in [3.63, 3.8) is 0 Å². The summed E-state index contributed by atoms with van der Waals surface area (Å²) in [4.78, 5) is 8.78. The third kappa shape index (κ3) is 5.36. The number of hydrogen-bond acceptors (Lipinski definition) is 2. The van der Waals surface area contributed by atoms with Crippen LogP contribution in [0.2, 0.25) is 0 Å². The number of allylic oxidation sites excluding steroid dienone is 4. The molecule has 0 saturated carbocycles. The topological polar surface area (TPSA) is 25.8 Å². The van der Waals surface area contributed by atoms with Gasteiger partial charge in [-0.3, -0.25) is 9.97 Å². The van der Waals surface area contributed by atoms with Crippen molar-refractivity contribution in [3.8, 4) is 33.5 Å². The van der Waals surface area contributed by atoms with Crippen molar-refractivity contribution in [2.24, 2.45) is 0 Å². The van der Waals surface area contributed by atoms with Gasteiger partial charge in [0.1, 0.15) is 0 Å². The highest BCUT2D eigenvalue weighted by Crippen LogP contribution is 2.46. The molecule has 2 aliphatic carbocycles. The second-order valence-corrected chi connectivity index (χ2v) is 14.9. The van der Waals surface area contributed by atoms with Crippen LogP contribution in [-0.4, -0.2) is 9.97 Å². The molecule has 0 fully saturated rings. The molecule has 0 unspecified atom stereocenters. The SMILES string of the molecule is CC(C)(C)c1cc2c3c(ccc4c(-c5ccc(C6=CC=C(c7ccncc7)CC6)cc5)cc(-c5ccc(-c6ccccn6)cc5)c(c43)CC2)c1. The van der Waals surface area contributed by atoms with Crippen molar-refractivity contribution < 1.29 is 0 Å². The highest BCUT2D eigenvalue weighted by Gasteiger charge is 2.24. The van der Waals surface area contributed by atoms with Crippen LogP contribution in [0.5, 0.6) is 0 Å². The zero-order valence-corrected chi connectivity index (χ0v) is 29.0. The number of rotatable bonds is 5. The van der Waals surface area contributed by atoms with Crippen LogP contribution >= 0.6 is 0 Å². The van der Waals surface area contributed by atoms with Crippen LogP contribution in [0.3, 0.4) is 0 Å². The number of nitrogens with zero attached hydrogens (tertiary/aromatic N) is 2. The Morgan fingerprint density at radius 2 is 1.18 bits per heavy atom. The van der Waals surface area contributed by atoms with Gasteiger partial charge in [0.2, 0.25) is 0 Å². The number of aromatic nitrogens is 2. The predicted molar refractivity (Wildman–Crippen MR) is 211 cm³/mol. The van der Waals surface area contributed by atoms with Crippen molar-refractivity contribution in [2.75, 3.05) is 0 Å². The van der Waals surface area contributed by atoms with Crippen molar-refractivity contribution in [1.29, 1.82) is 0 Å². The van der Waals surface area contributed by atoms with Crippen LogP contribution in [-0.2, 0) is 18.3 Å². The van der Waals surface area contributed by atoms with E-state index in [0.717, 1.165) is 36.9 Å². The van der Waals surface area contributed by atoms with E-state index in [4.69, 9.17) is 0 Å². The molecule has 2 aromatic heterocycles. The number of benzene rings is 5. The summed E-state index contributed by atoms with van der Waals surface area (Å²) in [5, 5.41) is 5.57. The highest BCUT2D eigenvalue weighted by molar-refractivity contribution is 6.17. The first-order valence-corrected chi connectivity index (χ1v) is 17.9. The highest BCUT2D eigenvalue weighted by atomic mass is 14.7. The summed E-state index contributed by atoms with van der Waals surface area (Å²) in [6.45, 7) is 6.97. The maximum Gasteiger partial charge on any atom is 0.0701 e. The maximum absolute atomic E-state index is 4.59. The Labute approximate surface area is 294 Å². The fraction of sp³-hybridized carbons (Fsp3) is 0.167. The van der Waals surface area contributed by atoms with Crippen LogP contribution < -0.4 is 0 Å². The lowest BCUT2D eigenvalue weighted by Crippen LogP contribution is -2.13. The minimum Gasteiger partial charge on any atom is -0.265 e. The lowest BCUT2D eigenvalue weighted by molar-refractivity contribution is 0.590. The first-order valence-electron chi connectivity index (χ1n) is 17.9. The van der Waals surface area contributed by atoms with Crippen LogP contribution in [0, 0.1) is 0 Å². The van der Waals surface area contributed by atoms with E-state index < -0.39 is 0 Å². The average molecular weight is 645 g/mol. The molecule has 0 bridgehead atoms. The smallest absolute Gasteiger partial charge is 0.0701 e. The van der Waals surface area contributed by atoms with Gasteiger partial charge in [-0.05, 0) is 144 Å². The molecule has 2 heterocycles. The maximum atomic E-state index is 4.59. The van der Waals surface area contributed by atoms with Gasteiger partial charge in [0.25, 0.3) is 0 Å². The third-order valence-corrected chi connectivity index (χ3v) is 10.8. The minimum absolute atomic E-state index is 0.105. The van der Waals surface area contributed by atoms with Gasteiger partial charge in [-0.15, -0.1) is 0 Å². The lowest BCUT2D eigenvalue weighted by atomic mass is 9.77. The van der Waals surface area contributed by atoms with Gasteiger partial charge >= 0.3 is 0 Å². The van der Waals surface area contributed by atoms with Gasteiger partial charge in [-0.1, -0.05) is 112 Å². The molecule has 0 radical (unpaired) electrons. The van der Waals surface area contributed by atoms with Crippen LogP contribution in [0.1, 0.15) is 61.4 Å². The van der Waals surface area contributed by atoms with E-state index >= 15 is 0 Å². The quantitative estimate of drug-likeness (QED) is 0.174. The van der Waals surface area contributed by atoms with E-state index in [9.17, 15) is 0 Å². The fourth-order valence-corrected chi connectivity index (χ4v) is 8.08. The van der Waals surface area contributed by atoms with E-state index in [1.807, 2.05) is 24.7 Å². The standard InChI is InChI=1S/C48H40N2/c1-48(2,3)40-28-38-19-21-41-43(35-13-11-32(12-14-35)31-7-9-33(10-8-31)34-23-26-49-27-24-34)30-44(42-22-20-39(29-40)46(38)47(41)42)36-15-17-37(18-16-36)45-6-4-5-25-50-45/h4-7,9,11-19,21,23-30H,8,10,20,22H2,1-3H3. The largest absolute Gasteiger partial charge is 0.265 e. The van der Waals surface area contributed by atoms with Gasteiger partial charge in [0.05, 0.1) is 5.69 Å². The van der Waals surface area contributed by atoms with E-state index in [2.05, 4.69) is 146 Å². The van der Waals surface area contributed by atoms with E-state index in [1.54, 1.807) is 0 Å². The summed E-state index contributed by atoms with van der Waals surface area (Å²) in [7, 11) is 0. The predicted octanol–water partition coefficient (Wildman–Crippen LogP) is 12.4. The molecule has 7 aromatic rings. The molecule has 0 atom stereocenters. The molecule has 0 amide bonds. The first kappa shape index (κ1) is 30.5. The van der Waals surface area contributed by atoms with Crippen LogP contribution in [0.25, 0.3) is 66.2 Å².